The summed E-state index contributed by atoms with van der Waals surface area (Å²) in [6.45, 7) is 5.41. The average Bonchev–Trinajstić information content (AvgIpc) is 2.77. The lowest BCUT2D eigenvalue weighted by Gasteiger charge is -2.15. The average molecular weight is 354 g/mol. The highest BCUT2D eigenvalue weighted by Crippen LogP contribution is 2.19. The quantitative estimate of drug-likeness (QED) is 0.775. The summed E-state index contributed by atoms with van der Waals surface area (Å²) in [5.41, 5.74) is 1.27. The summed E-state index contributed by atoms with van der Waals surface area (Å²) >= 11 is 0. The number of sulfonamides is 1. The number of carboxylic acids is 1. The van der Waals surface area contributed by atoms with E-state index in [9.17, 15) is 18.3 Å². The van der Waals surface area contributed by atoms with Crippen LogP contribution in [-0.2, 0) is 21.9 Å². The van der Waals surface area contributed by atoms with Gasteiger partial charge in [0.25, 0.3) is 0 Å². The van der Waals surface area contributed by atoms with E-state index in [1.165, 1.54) is 12.3 Å². The molecule has 1 unspecified atom stereocenters. The highest BCUT2D eigenvalue weighted by atomic mass is 32.2. The lowest BCUT2D eigenvalue weighted by molar-refractivity contribution is -0.142. The first-order chi connectivity index (χ1) is 11.1. The molecule has 8 nitrogen and oxygen atoms in total. The van der Waals surface area contributed by atoms with Gasteiger partial charge in [0, 0.05) is 25.2 Å². The minimum Gasteiger partial charge on any atom is -0.481 e. The Morgan fingerprint density at radius 2 is 2.08 bits per heavy atom. The Hall–Kier alpha value is -2.00. The van der Waals surface area contributed by atoms with Crippen LogP contribution >= 0.6 is 0 Å². The molecule has 0 bridgehead atoms. The van der Waals surface area contributed by atoms with Crippen LogP contribution in [0.2, 0.25) is 0 Å². The Morgan fingerprint density at radius 3 is 2.67 bits per heavy atom. The first kappa shape index (κ1) is 18.3. The van der Waals surface area contributed by atoms with Crippen LogP contribution in [-0.4, -0.2) is 40.8 Å². The molecule has 0 radical (unpaired) electrons. The van der Waals surface area contributed by atoms with Crippen molar-refractivity contribution in [2.24, 2.45) is 18.9 Å². The Labute approximate surface area is 140 Å². The van der Waals surface area contributed by atoms with Crippen molar-refractivity contribution in [3.63, 3.8) is 0 Å². The van der Waals surface area contributed by atoms with Crippen molar-refractivity contribution in [1.29, 1.82) is 0 Å². The topological polar surface area (TPSA) is 114 Å². The molecule has 24 heavy (non-hydrogen) atoms. The van der Waals surface area contributed by atoms with Gasteiger partial charge in [-0.1, -0.05) is 13.8 Å². The third-order valence-electron chi connectivity index (χ3n) is 3.77. The highest BCUT2D eigenvalue weighted by Gasteiger charge is 2.23. The predicted octanol–water partition coefficient (Wildman–Crippen LogP) is 1.30. The predicted molar refractivity (Wildman–Crippen MR) is 89.0 cm³/mol. The molecule has 2 aromatic heterocycles. The van der Waals surface area contributed by atoms with Gasteiger partial charge in [-0.05, 0) is 25.3 Å². The molecule has 0 saturated carbocycles. The van der Waals surface area contributed by atoms with Gasteiger partial charge in [-0.3, -0.25) is 9.48 Å². The van der Waals surface area contributed by atoms with E-state index in [1.54, 1.807) is 18.7 Å². The van der Waals surface area contributed by atoms with Gasteiger partial charge in [-0.15, -0.1) is 0 Å². The number of aryl methyl sites for hydroxylation is 2. The van der Waals surface area contributed by atoms with Crippen LogP contribution in [0.5, 0.6) is 0 Å². The number of carboxylic acid groups (broad SMARTS) is 1. The molecule has 2 rings (SSSR count). The van der Waals surface area contributed by atoms with Crippen LogP contribution in [0.4, 0.5) is 0 Å². The van der Waals surface area contributed by atoms with Crippen molar-refractivity contribution in [2.75, 3.05) is 6.54 Å². The van der Waals surface area contributed by atoms with E-state index in [4.69, 9.17) is 0 Å². The van der Waals surface area contributed by atoms with Gasteiger partial charge in [0.05, 0.1) is 11.6 Å². The molecule has 0 fully saturated rings. The molecule has 0 saturated heterocycles. The molecule has 0 aliphatic carbocycles. The molecule has 2 N–H and O–H groups in total. The van der Waals surface area contributed by atoms with Crippen LogP contribution < -0.4 is 4.72 Å². The van der Waals surface area contributed by atoms with Crippen LogP contribution in [0, 0.1) is 18.8 Å². The van der Waals surface area contributed by atoms with Gasteiger partial charge in [0.1, 0.15) is 4.90 Å². The zero-order chi connectivity index (χ0) is 18.1. The Kier molecular flexibility index (Phi) is 5.24. The molecular weight excluding hydrogens is 332 g/mol. The second-order valence-electron chi connectivity index (χ2n) is 6.27. The molecule has 0 amide bonds. The van der Waals surface area contributed by atoms with E-state index >= 15 is 0 Å². The summed E-state index contributed by atoms with van der Waals surface area (Å²) in [6, 6.07) is 1.51. The van der Waals surface area contributed by atoms with Gasteiger partial charge in [-0.25, -0.2) is 18.1 Å². The fourth-order valence-electron chi connectivity index (χ4n) is 2.57. The zero-order valence-corrected chi connectivity index (χ0v) is 15.0. The number of nitrogens with one attached hydrogen (secondary N) is 1. The molecule has 2 aromatic rings. The number of carbonyl (C=O) groups is 1. The van der Waals surface area contributed by atoms with Crippen molar-refractivity contribution < 1.29 is 18.3 Å². The van der Waals surface area contributed by atoms with Crippen molar-refractivity contribution >= 4 is 27.0 Å². The van der Waals surface area contributed by atoms with Crippen molar-refractivity contribution in [3.8, 4) is 0 Å². The van der Waals surface area contributed by atoms with Crippen molar-refractivity contribution in [3.05, 3.63) is 18.0 Å². The molecule has 1 atom stereocenters. The lowest BCUT2D eigenvalue weighted by Crippen LogP contribution is -2.33. The Balaban J connectivity index is 2.23. The molecule has 132 valence electrons. The molecular formula is C15H22N4O4S. The zero-order valence-electron chi connectivity index (χ0n) is 14.1. The molecule has 0 aliphatic rings. The van der Waals surface area contributed by atoms with Crippen LogP contribution in [0.1, 0.15) is 26.0 Å². The number of aromatic nitrogens is 3. The van der Waals surface area contributed by atoms with Gasteiger partial charge in [-0.2, -0.15) is 5.10 Å². The molecule has 0 spiro atoms. The lowest BCUT2D eigenvalue weighted by atomic mass is 9.98. The van der Waals surface area contributed by atoms with Gasteiger partial charge in [0.15, 0.2) is 5.65 Å². The Bertz CT molecular complexity index is 858. The van der Waals surface area contributed by atoms with Gasteiger partial charge >= 0.3 is 5.97 Å². The number of hydrogen-bond acceptors (Lipinski definition) is 5. The molecule has 2 heterocycles. The third-order valence-corrected chi connectivity index (χ3v) is 5.16. The number of rotatable bonds is 7. The van der Waals surface area contributed by atoms with E-state index in [2.05, 4.69) is 14.8 Å². The molecule has 0 aromatic carbocycles. The minimum absolute atomic E-state index is 0.000198. The summed E-state index contributed by atoms with van der Waals surface area (Å²) < 4.78 is 28.8. The summed E-state index contributed by atoms with van der Waals surface area (Å²) in [6.07, 6.45) is 1.65. The van der Waals surface area contributed by atoms with Crippen LogP contribution in [0.15, 0.2) is 17.2 Å². The second kappa shape index (κ2) is 6.86. The normalized spacial score (nSPS) is 13.5. The van der Waals surface area contributed by atoms with E-state index in [-0.39, 0.29) is 17.4 Å². The minimum atomic E-state index is -3.84. The van der Waals surface area contributed by atoms with Gasteiger partial charge < -0.3 is 5.11 Å². The van der Waals surface area contributed by atoms with E-state index in [0.29, 0.717) is 23.1 Å². The highest BCUT2D eigenvalue weighted by molar-refractivity contribution is 7.89. The molecule has 9 heteroatoms. The second-order valence-corrected chi connectivity index (χ2v) is 8.03. The summed E-state index contributed by atoms with van der Waals surface area (Å²) in [7, 11) is -2.10. The maximum absolute atomic E-state index is 12.4. The SMILES string of the molecule is Cc1nn(C)c2ncc(S(=O)(=O)NCC(CC(C)C)C(=O)O)cc12. The van der Waals surface area contributed by atoms with Gasteiger partial charge in [0.2, 0.25) is 10.0 Å². The smallest absolute Gasteiger partial charge is 0.307 e. The van der Waals surface area contributed by atoms with E-state index in [0.717, 1.165) is 0 Å². The van der Waals surface area contributed by atoms with E-state index in [1.807, 2.05) is 13.8 Å². The molecule has 0 aliphatic heterocycles. The standard InChI is InChI=1S/C15H22N4O4S/c1-9(2)5-11(15(20)21)7-17-24(22,23)12-6-13-10(3)18-19(4)14(13)16-8-12/h6,8-9,11,17H,5,7H2,1-4H3,(H,20,21). The number of aliphatic carboxylic acids is 1. The number of pyridine rings is 1. The largest absolute Gasteiger partial charge is 0.481 e. The van der Waals surface area contributed by atoms with E-state index < -0.39 is 21.9 Å². The number of fused-ring (bicyclic) bond motifs is 1. The third kappa shape index (κ3) is 3.90. The Morgan fingerprint density at radius 1 is 1.42 bits per heavy atom. The number of hydrogen-bond donors (Lipinski definition) is 2. The fraction of sp³-hybridized carbons (Fsp3) is 0.533. The first-order valence-electron chi connectivity index (χ1n) is 7.63. The van der Waals surface area contributed by atoms with Crippen molar-refractivity contribution in [2.45, 2.75) is 32.1 Å². The van der Waals surface area contributed by atoms with Crippen molar-refractivity contribution in [1.82, 2.24) is 19.5 Å². The van der Waals surface area contributed by atoms with Crippen LogP contribution in [0.3, 0.4) is 0 Å². The monoisotopic (exact) mass is 354 g/mol. The maximum atomic E-state index is 12.4. The fourth-order valence-corrected chi connectivity index (χ4v) is 3.62. The van der Waals surface area contributed by atoms with Crippen LogP contribution in [0.25, 0.3) is 11.0 Å². The summed E-state index contributed by atoms with van der Waals surface area (Å²) in [5, 5.41) is 14.1. The first-order valence-corrected chi connectivity index (χ1v) is 9.12. The number of nitrogens with zero attached hydrogens (tertiary/aromatic N) is 3. The summed E-state index contributed by atoms with van der Waals surface area (Å²) in [4.78, 5) is 15.4. The maximum Gasteiger partial charge on any atom is 0.307 e. The summed E-state index contributed by atoms with van der Waals surface area (Å²) in [5.74, 6) is -1.62.